The number of ether oxygens (including phenoxy) is 1. The summed E-state index contributed by atoms with van der Waals surface area (Å²) in [7, 11) is 3.52. The van der Waals surface area contributed by atoms with Crippen LogP contribution in [0.2, 0.25) is 0 Å². The third kappa shape index (κ3) is 5.74. The molecule has 6 nitrogen and oxygen atoms in total. The first-order valence-corrected chi connectivity index (χ1v) is 6.21. The molecule has 1 aromatic heterocycles. The number of aromatic nitrogens is 4. The minimum absolute atomic E-state index is 0.411. The molecule has 1 unspecified atom stereocenters. The molecule has 0 aliphatic rings. The molecule has 1 atom stereocenters. The summed E-state index contributed by atoms with van der Waals surface area (Å²) in [5.74, 6) is 0.804. The molecular formula is C11H23N5O. The maximum atomic E-state index is 5.08. The summed E-state index contributed by atoms with van der Waals surface area (Å²) in [6, 6.07) is 0.411. The van der Waals surface area contributed by atoms with Gasteiger partial charge in [-0.2, -0.15) is 4.80 Å². The molecule has 0 fully saturated rings. The predicted octanol–water partition coefficient (Wildman–Crippen LogP) is 0.547. The SMILES string of the molecule is CCCNC(CCCOC)Cc1nnn(C)n1. The molecule has 0 spiro atoms. The Hall–Kier alpha value is -1.01. The van der Waals surface area contributed by atoms with Gasteiger partial charge in [0.15, 0.2) is 5.82 Å². The molecule has 0 aliphatic carbocycles. The summed E-state index contributed by atoms with van der Waals surface area (Å²) >= 11 is 0. The van der Waals surface area contributed by atoms with E-state index in [-0.39, 0.29) is 0 Å². The Balaban J connectivity index is 2.38. The summed E-state index contributed by atoms with van der Waals surface area (Å²) in [6.07, 6.45) is 4.09. The summed E-state index contributed by atoms with van der Waals surface area (Å²) in [5.41, 5.74) is 0. The van der Waals surface area contributed by atoms with Gasteiger partial charge in [0, 0.05) is 26.2 Å². The Kier molecular flexibility index (Phi) is 6.73. The van der Waals surface area contributed by atoms with E-state index < -0.39 is 0 Å². The highest BCUT2D eigenvalue weighted by Crippen LogP contribution is 2.03. The second kappa shape index (κ2) is 8.14. The van der Waals surface area contributed by atoms with E-state index in [2.05, 4.69) is 27.7 Å². The number of aryl methyl sites for hydroxylation is 1. The zero-order valence-electron chi connectivity index (χ0n) is 11.0. The number of nitrogens with zero attached hydrogens (tertiary/aromatic N) is 4. The largest absolute Gasteiger partial charge is 0.385 e. The van der Waals surface area contributed by atoms with Crippen molar-refractivity contribution in [3.05, 3.63) is 5.82 Å². The third-order valence-corrected chi connectivity index (χ3v) is 2.56. The number of hydrogen-bond donors (Lipinski definition) is 1. The highest BCUT2D eigenvalue weighted by Gasteiger charge is 2.11. The lowest BCUT2D eigenvalue weighted by molar-refractivity contribution is 0.188. The van der Waals surface area contributed by atoms with Crippen LogP contribution in [0, 0.1) is 0 Å². The molecule has 1 rings (SSSR count). The molecule has 17 heavy (non-hydrogen) atoms. The maximum Gasteiger partial charge on any atom is 0.176 e. The molecule has 0 saturated heterocycles. The van der Waals surface area contributed by atoms with Crippen molar-refractivity contribution >= 4 is 0 Å². The molecule has 0 bridgehead atoms. The van der Waals surface area contributed by atoms with Gasteiger partial charge in [-0.3, -0.25) is 0 Å². The zero-order valence-corrected chi connectivity index (χ0v) is 11.0. The summed E-state index contributed by atoms with van der Waals surface area (Å²) in [5, 5.41) is 15.6. The third-order valence-electron chi connectivity index (χ3n) is 2.56. The molecule has 0 aliphatic heterocycles. The number of nitrogens with one attached hydrogen (secondary N) is 1. The first-order valence-electron chi connectivity index (χ1n) is 6.21. The van der Waals surface area contributed by atoms with E-state index in [0.29, 0.717) is 6.04 Å². The van der Waals surface area contributed by atoms with Crippen molar-refractivity contribution in [2.75, 3.05) is 20.3 Å². The summed E-state index contributed by atoms with van der Waals surface area (Å²) in [6.45, 7) is 4.00. The van der Waals surface area contributed by atoms with Crippen LogP contribution >= 0.6 is 0 Å². The van der Waals surface area contributed by atoms with Gasteiger partial charge in [-0.25, -0.2) is 0 Å². The number of tetrazole rings is 1. The van der Waals surface area contributed by atoms with Crippen molar-refractivity contribution in [2.24, 2.45) is 7.05 Å². The molecule has 0 aromatic carbocycles. The van der Waals surface area contributed by atoms with Gasteiger partial charge in [-0.15, -0.1) is 10.2 Å². The smallest absolute Gasteiger partial charge is 0.176 e. The van der Waals surface area contributed by atoms with E-state index in [0.717, 1.165) is 44.7 Å². The monoisotopic (exact) mass is 241 g/mol. The lowest BCUT2D eigenvalue weighted by atomic mass is 10.1. The van der Waals surface area contributed by atoms with Gasteiger partial charge in [-0.05, 0) is 31.0 Å². The first-order chi connectivity index (χ1) is 8.26. The lowest BCUT2D eigenvalue weighted by Crippen LogP contribution is -2.32. The highest BCUT2D eigenvalue weighted by molar-refractivity contribution is 4.84. The van der Waals surface area contributed by atoms with Crippen molar-refractivity contribution in [1.82, 2.24) is 25.5 Å². The average molecular weight is 241 g/mol. The fraction of sp³-hybridized carbons (Fsp3) is 0.909. The fourth-order valence-electron chi connectivity index (χ4n) is 1.72. The van der Waals surface area contributed by atoms with Crippen LogP contribution in [0.3, 0.4) is 0 Å². The van der Waals surface area contributed by atoms with Gasteiger partial charge in [0.1, 0.15) is 0 Å². The van der Waals surface area contributed by atoms with Gasteiger partial charge in [0.05, 0.1) is 7.05 Å². The molecule has 1 heterocycles. The van der Waals surface area contributed by atoms with Crippen LogP contribution in [-0.4, -0.2) is 46.5 Å². The van der Waals surface area contributed by atoms with Gasteiger partial charge < -0.3 is 10.1 Å². The molecular weight excluding hydrogens is 218 g/mol. The molecule has 0 saturated carbocycles. The van der Waals surface area contributed by atoms with Crippen molar-refractivity contribution in [3.63, 3.8) is 0 Å². The first kappa shape index (κ1) is 14.1. The van der Waals surface area contributed by atoms with E-state index in [1.807, 2.05) is 0 Å². The predicted molar refractivity (Wildman–Crippen MR) is 65.7 cm³/mol. The lowest BCUT2D eigenvalue weighted by Gasteiger charge is -2.16. The Bertz CT molecular complexity index is 302. The van der Waals surface area contributed by atoms with Crippen molar-refractivity contribution < 1.29 is 4.74 Å². The van der Waals surface area contributed by atoms with Crippen molar-refractivity contribution in [2.45, 2.75) is 38.6 Å². The Morgan fingerprint density at radius 1 is 1.47 bits per heavy atom. The van der Waals surface area contributed by atoms with E-state index in [1.54, 1.807) is 14.2 Å². The van der Waals surface area contributed by atoms with Crippen LogP contribution in [0.25, 0.3) is 0 Å². The molecule has 1 aromatic rings. The van der Waals surface area contributed by atoms with Gasteiger partial charge in [0.2, 0.25) is 0 Å². The molecule has 1 N–H and O–H groups in total. The maximum absolute atomic E-state index is 5.08. The van der Waals surface area contributed by atoms with E-state index >= 15 is 0 Å². The Labute approximate surface area is 103 Å². The second-order valence-corrected chi connectivity index (χ2v) is 4.19. The molecule has 0 radical (unpaired) electrons. The van der Waals surface area contributed by atoms with E-state index in [4.69, 9.17) is 4.74 Å². The molecule has 6 heteroatoms. The normalized spacial score (nSPS) is 12.9. The van der Waals surface area contributed by atoms with Crippen LogP contribution < -0.4 is 5.32 Å². The summed E-state index contributed by atoms with van der Waals surface area (Å²) < 4.78 is 5.08. The van der Waals surface area contributed by atoms with E-state index in [1.165, 1.54) is 4.80 Å². The highest BCUT2D eigenvalue weighted by atomic mass is 16.5. The minimum atomic E-state index is 0.411. The number of hydrogen-bond acceptors (Lipinski definition) is 5. The Morgan fingerprint density at radius 2 is 2.29 bits per heavy atom. The minimum Gasteiger partial charge on any atom is -0.385 e. The van der Waals surface area contributed by atoms with Crippen LogP contribution in [0.15, 0.2) is 0 Å². The van der Waals surface area contributed by atoms with Crippen molar-refractivity contribution in [3.8, 4) is 0 Å². The van der Waals surface area contributed by atoms with Crippen molar-refractivity contribution in [1.29, 1.82) is 0 Å². The average Bonchev–Trinajstić information content (AvgIpc) is 2.72. The van der Waals surface area contributed by atoms with Crippen LogP contribution in [0.5, 0.6) is 0 Å². The summed E-state index contributed by atoms with van der Waals surface area (Å²) in [4.78, 5) is 1.50. The van der Waals surface area contributed by atoms with Gasteiger partial charge >= 0.3 is 0 Å². The van der Waals surface area contributed by atoms with E-state index in [9.17, 15) is 0 Å². The zero-order chi connectivity index (χ0) is 12.5. The Morgan fingerprint density at radius 3 is 2.88 bits per heavy atom. The van der Waals surface area contributed by atoms with Crippen LogP contribution in [-0.2, 0) is 18.2 Å². The van der Waals surface area contributed by atoms with Gasteiger partial charge in [0.25, 0.3) is 0 Å². The molecule has 0 amide bonds. The number of methoxy groups -OCH3 is 1. The van der Waals surface area contributed by atoms with Gasteiger partial charge in [-0.1, -0.05) is 6.92 Å². The quantitative estimate of drug-likeness (QED) is 0.640. The fourth-order valence-corrected chi connectivity index (χ4v) is 1.72. The molecule has 98 valence electrons. The topological polar surface area (TPSA) is 64.9 Å². The van der Waals surface area contributed by atoms with Crippen LogP contribution in [0.4, 0.5) is 0 Å². The number of rotatable bonds is 9. The second-order valence-electron chi connectivity index (χ2n) is 4.19. The standard InChI is InChI=1S/C11H23N5O/c1-4-7-12-10(6-5-8-17-3)9-11-13-15-16(2)14-11/h10,12H,4-9H2,1-3H3. The van der Waals surface area contributed by atoms with Crippen LogP contribution in [0.1, 0.15) is 32.0 Å².